The van der Waals surface area contributed by atoms with Crippen LogP contribution in [0.15, 0.2) is 18.2 Å². The highest BCUT2D eigenvalue weighted by Gasteiger charge is 2.26. The second kappa shape index (κ2) is 5.25. The molecule has 3 nitrogen and oxygen atoms in total. The lowest BCUT2D eigenvalue weighted by molar-refractivity contribution is -0.156. The van der Waals surface area contributed by atoms with E-state index in [1.807, 2.05) is 0 Å². The van der Waals surface area contributed by atoms with E-state index in [1.54, 1.807) is 39.0 Å². The Kier molecular flexibility index (Phi) is 4.42. The molecule has 1 aromatic rings. The fourth-order valence-corrected chi connectivity index (χ4v) is 1.92. The van der Waals surface area contributed by atoms with Gasteiger partial charge in [0.05, 0.1) is 0 Å². The van der Waals surface area contributed by atoms with Gasteiger partial charge in [0.25, 0.3) is 0 Å². The first kappa shape index (κ1) is 14.3. The lowest BCUT2D eigenvalue weighted by Gasteiger charge is -2.23. The van der Waals surface area contributed by atoms with E-state index < -0.39 is 17.6 Å². The number of rotatable bonds is 2. The van der Waals surface area contributed by atoms with Crippen LogP contribution in [-0.4, -0.2) is 11.6 Å². The molecule has 17 heavy (non-hydrogen) atoms. The maximum atomic E-state index is 11.8. The van der Waals surface area contributed by atoms with Crippen molar-refractivity contribution < 1.29 is 9.53 Å². The van der Waals surface area contributed by atoms with Gasteiger partial charge in [-0.25, -0.2) is 4.79 Å². The van der Waals surface area contributed by atoms with Crippen LogP contribution in [0, 0.1) is 0 Å². The molecule has 0 radical (unpaired) electrons. The first-order valence-electron chi connectivity index (χ1n) is 5.15. The predicted octanol–water partition coefficient (Wildman–Crippen LogP) is 3.33. The number of benzene rings is 1. The van der Waals surface area contributed by atoms with Crippen LogP contribution >= 0.6 is 23.2 Å². The number of hydrogen-bond acceptors (Lipinski definition) is 3. The highest BCUT2D eigenvalue weighted by atomic mass is 35.5. The highest BCUT2D eigenvalue weighted by molar-refractivity contribution is 6.36. The molecule has 0 spiro atoms. The van der Waals surface area contributed by atoms with Crippen LogP contribution < -0.4 is 5.73 Å². The van der Waals surface area contributed by atoms with Gasteiger partial charge in [-0.3, -0.25) is 0 Å². The number of ether oxygens (including phenoxy) is 1. The molecule has 94 valence electrons. The normalized spacial score (nSPS) is 13.3. The van der Waals surface area contributed by atoms with E-state index in [1.165, 1.54) is 0 Å². The van der Waals surface area contributed by atoms with Crippen molar-refractivity contribution in [2.75, 3.05) is 0 Å². The number of nitrogens with two attached hydrogens (primary N) is 1. The number of carbonyl (C=O) groups is 1. The van der Waals surface area contributed by atoms with Gasteiger partial charge in [-0.2, -0.15) is 0 Å². The summed E-state index contributed by atoms with van der Waals surface area (Å²) in [5, 5.41) is 0.715. The summed E-state index contributed by atoms with van der Waals surface area (Å²) in [7, 11) is 0. The van der Waals surface area contributed by atoms with Gasteiger partial charge < -0.3 is 10.5 Å². The van der Waals surface area contributed by atoms with Crippen LogP contribution in [0.1, 0.15) is 32.4 Å². The Morgan fingerprint density at radius 3 is 2.18 bits per heavy atom. The number of hydrogen-bond donors (Lipinski definition) is 1. The van der Waals surface area contributed by atoms with Gasteiger partial charge in [-0.05, 0) is 32.9 Å². The third kappa shape index (κ3) is 3.87. The van der Waals surface area contributed by atoms with Gasteiger partial charge in [0.15, 0.2) is 0 Å². The maximum absolute atomic E-state index is 11.8. The average molecular weight is 276 g/mol. The van der Waals surface area contributed by atoms with Gasteiger partial charge in [0, 0.05) is 15.6 Å². The predicted molar refractivity (Wildman–Crippen MR) is 69.2 cm³/mol. The van der Waals surface area contributed by atoms with Crippen LogP contribution in [0.5, 0.6) is 0 Å². The van der Waals surface area contributed by atoms with Crippen molar-refractivity contribution in [3.05, 3.63) is 33.8 Å². The van der Waals surface area contributed by atoms with Crippen molar-refractivity contribution in [1.29, 1.82) is 0 Å². The molecule has 1 atom stereocenters. The summed E-state index contributed by atoms with van der Waals surface area (Å²) in [6.45, 7) is 5.31. The molecule has 0 saturated carbocycles. The molecular formula is C12H15Cl2NO2. The lowest BCUT2D eigenvalue weighted by atomic mass is 10.1. The fraction of sp³-hybridized carbons (Fsp3) is 0.417. The summed E-state index contributed by atoms with van der Waals surface area (Å²) in [6.07, 6.45) is 0. The molecule has 0 aliphatic rings. The topological polar surface area (TPSA) is 52.3 Å². The molecule has 0 saturated heterocycles. The highest BCUT2D eigenvalue weighted by Crippen LogP contribution is 2.30. The van der Waals surface area contributed by atoms with Crippen LogP contribution in [0.3, 0.4) is 0 Å². The molecule has 0 aromatic heterocycles. The van der Waals surface area contributed by atoms with Gasteiger partial charge >= 0.3 is 5.97 Å². The third-order valence-corrected chi connectivity index (χ3v) is 2.63. The van der Waals surface area contributed by atoms with Crippen molar-refractivity contribution in [1.82, 2.24) is 0 Å². The molecule has 0 fully saturated rings. The quantitative estimate of drug-likeness (QED) is 0.843. The lowest BCUT2D eigenvalue weighted by Crippen LogP contribution is -2.31. The smallest absolute Gasteiger partial charge is 0.328 e. The molecule has 1 aromatic carbocycles. The largest absolute Gasteiger partial charge is 0.459 e. The molecule has 1 rings (SSSR count). The zero-order valence-corrected chi connectivity index (χ0v) is 11.5. The van der Waals surface area contributed by atoms with Gasteiger partial charge in [-0.15, -0.1) is 0 Å². The fourth-order valence-electron chi connectivity index (χ4n) is 1.29. The molecule has 5 heteroatoms. The van der Waals surface area contributed by atoms with Crippen LogP contribution in [0.4, 0.5) is 0 Å². The second-order valence-electron chi connectivity index (χ2n) is 4.65. The van der Waals surface area contributed by atoms with Crippen LogP contribution in [0.25, 0.3) is 0 Å². The Balaban J connectivity index is 2.97. The summed E-state index contributed by atoms with van der Waals surface area (Å²) < 4.78 is 5.18. The molecule has 0 aliphatic heterocycles. The Bertz CT molecular complexity index is 407. The van der Waals surface area contributed by atoms with E-state index in [0.29, 0.717) is 15.6 Å². The summed E-state index contributed by atoms with van der Waals surface area (Å²) >= 11 is 11.9. The van der Waals surface area contributed by atoms with E-state index in [2.05, 4.69) is 0 Å². The second-order valence-corrected chi connectivity index (χ2v) is 5.46. The maximum Gasteiger partial charge on any atom is 0.328 e. The zero-order chi connectivity index (χ0) is 13.2. The van der Waals surface area contributed by atoms with Gasteiger partial charge in [-0.1, -0.05) is 29.3 Å². The van der Waals surface area contributed by atoms with Crippen molar-refractivity contribution in [3.63, 3.8) is 0 Å². The van der Waals surface area contributed by atoms with E-state index in [4.69, 9.17) is 33.7 Å². The van der Waals surface area contributed by atoms with E-state index in [0.717, 1.165) is 0 Å². The van der Waals surface area contributed by atoms with Crippen molar-refractivity contribution in [3.8, 4) is 0 Å². The van der Waals surface area contributed by atoms with Crippen molar-refractivity contribution in [2.45, 2.75) is 32.4 Å². The first-order chi connectivity index (χ1) is 7.72. The molecular weight excluding hydrogens is 261 g/mol. The summed E-state index contributed by atoms with van der Waals surface area (Å²) in [4.78, 5) is 11.8. The Morgan fingerprint density at radius 2 is 1.76 bits per heavy atom. The third-order valence-electron chi connectivity index (χ3n) is 1.97. The van der Waals surface area contributed by atoms with E-state index in [9.17, 15) is 4.79 Å². The van der Waals surface area contributed by atoms with Gasteiger partial charge in [0.2, 0.25) is 0 Å². The van der Waals surface area contributed by atoms with Crippen molar-refractivity contribution >= 4 is 29.2 Å². The minimum Gasteiger partial charge on any atom is -0.459 e. The average Bonchev–Trinajstić information content (AvgIpc) is 2.14. The van der Waals surface area contributed by atoms with Crippen molar-refractivity contribution in [2.24, 2.45) is 5.73 Å². The number of halogens is 2. The zero-order valence-electron chi connectivity index (χ0n) is 9.96. The first-order valence-corrected chi connectivity index (χ1v) is 5.90. The van der Waals surface area contributed by atoms with E-state index in [-0.39, 0.29) is 0 Å². The summed E-state index contributed by atoms with van der Waals surface area (Å²) in [5.74, 6) is -0.549. The summed E-state index contributed by atoms with van der Waals surface area (Å²) in [6, 6.07) is 3.98. The Hall–Kier alpha value is -0.770. The molecule has 1 unspecified atom stereocenters. The molecule has 0 aliphatic carbocycles. The molecule has 0 heterocycles. The standard InChI is InChI=1S/C12H15Cl2NO2/c1-12(2,3)17-11(16)10(15)9-7(13)5-4-6-8(9)14/h4-6,10H,15H2,1-3H3. The SMILES string of the molecule is CC(C)(C)OC(=O)C(N)c1c(Cl)cccc1Cl. The Morgan fingerprint density at radius 1 is 1.29 bits per heavy atom. The monoisotopic (exact) mass is 275 g/mol. The molecule has 0 amide bonds. The minimum absolute atomic E-state index is 0.357. The van der Waals surface area contributed by atoms with E-state index >= 15 is 0 Å². The van der Waals surface area contributed by atoms with Gasteiger partial charge in [0.1, 0.15) is 11.6 Å². The van der Waals surface area contributed by atoms with Crippen LogP contribution in [0.2, 0.25) is 10.0 Å². The Labute approximate surface area is 111 Å². The molecule has 0 bridgehead atoms. The molecule has 2 N–H and O–H groups in total. The number of esters is 1. The summed E-state index contributed by atoms with van der Waals surface area (Å²) in [5.41, 5.74) is 5.60. The minimum atomic E-state index is -0.976. The van der Waals surface area contributed by atoms with Crippen LogP contribution in [-0.2, 0) is 9.53 Å². The number of carbonyl (C=O) groups excluding carboxylic acids is 1.